The van der Waals surface area contributed by atoms with Crippen molar-refractivity contribution in [3.8, 4) is 0 Å². The molecule has 0 atom stereocenters. The van der Waals surface area contributed by atoms with Gasteiger partial charge in [-0.1, -0.05) is 36.4 Å². The van der Waals surface area contributed by atoms with Gasteiger partial charge in [0, 0.05) is 0 Å². The van der Waals surface area contributed by atoms with Crippen LogP contribution >= 0.6 is 0 Å². The van der Waals surface area contributed by atoms with Crippen molar-refractivity contribution in [3.63, 3.8) is 0 Å². The van der Waals surface area contributed by atoms with Crippen molar-refractivity contribution in [2.24, 2.45) is 0 Å². The van der Waals surface area contributed by atoms with Crippen LogP contribution in [0.3, 0.4) is 0 Å². The topological polar surface area (TPSA) is 0 Å². The van der Waals surface area contributed by atoms with Crippen LogP contribution in [0.2, 0.25) is 0 Å². The summed E-state index contributed by atoms with van der Waals surface area (Å²) in [5.74, 6) is 0. The number of hydrogen-bond acceptors (Lipinski definition) is 0. The van der Waals surface area contributed by atoms with E-state index in [0.717, 1.165) is 0 Å². The van der Waals surface area contributed by atoms with Crippen molar-refractivity contribution in [2.45, 2.75) is 0 Å². The van der Waals surface area contributed by atoms with Gasteiger partial charge in [0.2, 0.25) is 0 Å². The van der Waals surface area contributed by atoms with Crippen LogP contribution in [-0.4, -0.2) is 0 Å². The summed E-state index contributed by atoms with van der Waals surface area (Å²) < 4.78 is 0. The third kappa shape index (κ3) is 0.589. The normalized spacial score (nSPS) is 16.0. The molecular formula is C14H8. The predicted octanol–water partition coefficient (Wildman–Crippen LogP) is 3.63. The highest BCUT2D eigenvalue weighted by Gasteiger charge is 2.25. The third-order valence-corrected chi connectivity index (χ3v) is 3.15. The van der Waals surface area contributed by atoms with E-state index in [1.165, 1.54) is 33.0 Å². The van der Waals surface area contributed by atoms with E-state index in [4.69, 9.17) is 0 Å². The highest BCUT2D eigenvalue weighted by molar-refractivity contribution is 6.17. The summed E-state index contributed by atoms with van der Waals surface area (Å²) >= 11 is 0. The molecule has 0 nitrogen and oxygen atoms in total. The number of allylic oxidation sites excluding steroid dienone is 4. The summed E-state index contributed by atoms with van der Waals surface area (Å²) in [6, 6.07) is 13.0. The molecule has 64 valence electrons. The summed E-state index contributed by atoms with van der Waals surface area (Å²) in [5, 5.41) is 2.73. The SMILES string of the molecule is C1=C2C=C1c1c2ccc2ccccc12. The van der Waals surface area contributed by atoms with Gasteiger partial charge in [0.05, 0.1) is 0 Å². The molecule has 0 N–H and O–H groups in total. The Morgan fingerprint density at radius 2 is 1.57 bits per heavy atom. The lowest BCUT2D eigenvalue weighted by atomic mass is 10.0. The molecule has 0 aromatic heterocycles. The second kappa shape index (κ2) is 1.98. The molecule has 3 aliphatic rings. The van der Waals surface area contributed by atoms with E-state index < -0.39 is 0 Å². The van der Waals surface area contributed by atoms with Gasteiger partial charge in [0.25, 0.3) is 0 Å². The van der Waals surface area contributed by atoms with Crippen molar-refractivity contribution in [3.05, 3.63) is 59.7 Å². The number of fused-ring (bicyclic) bond motifs is 1. The van der Waals surface area contributed by atoms with Crippen molar-refractivity contribution >= 4 is 21.9 Å². The van der Waals surface area contributed by atoms with Crippen molar-refractivity contribution in [2.75, 3.05) is 0 Å². The van der Waals surface area contributed by atoms with Crippen molar-refractivity contribution in [1.82, 2.24) is 0 Å². The Balaban J connectivity index is 2.25. The van der Waals surface area contributed by atoms with E-state index in [9.17, 15) is 0 Å². The van der Waals surface area contributed by atoms with Crippen LogP contribution in [0.1, 0.15) is 11.1 Å². The minimum absolute atomic E-state index is 1.34. The molecule has 0 spiro atoms. The fraction of sp³-hybridized carbons (Fsp3) is 0. The molecule has 0 radical (unpaired) electrons. The molecule has 0 heteroatoms. The lowest BCUT2D eigenvalue weighted by molar-refractivity contribution is 1.69. The maximum atomic E-state index is 2.27. The largest absolute Gasteiger partial charge is 0.0616 e. The van der Waals surface area contributed by atoms with Gasteiger partial charge in [-0.3, -0.25) is 0 Å². The minimum atomic E-state index is 1.34. The summed E-state index contributed by atoms with van der Waals surface area (Å²) in [6.45, 7) is 0. The summed E-state index contributed by atoms with van der Waals surface area (Å²) in [7, 11) is 0. The molecule has 0 amide bonds. The first-order chi connectivity index (χ1) is 6.93. The van der Waals surface area contributed by atoms with Crippen LogP contribution in [0.15, 0.2) is 48.6 Å². The van der Waals surface area contributed by atoms with Crippen molar-refractivity contribution in [1.29, 1.82) is 0 Å². The van der Waals surface area contributed by atoms with Crippen LogP contribution in [0.5, 0.6) is 0 Å². The molecule has 2 aromatic rings. The quantitative estimate of drug-likeness (QED) is 0.575. The van der Waals surface area contributed by atoms with Gasteiger partial charge in [0.15, 0.2) is 0 Å². The molecule has 0 heterocycles. The van der Waals surface area contributed by atoms with E-state index in [2.05, 4.69) is 48.6 Å². The van der Waals surface area contributed by atoms with Gasteiger partial charge in [-0.05, 0) is 45.2 Å². The van der Waals surface area contributed by atoms with Crippen LogP contribution < -0.4 is 0 Å². The van der Waals surface area contributed by atoms with E-state index in [1.807, 2.05) is 0 Å². The zero-order valence-electron chi connectivity index (χ0n) is 7.62. The summed E-state index contributed by atoms with van der Waals surface area (Å²) in [6.07, 6.45) is 4.55. The Hall–Kier alpha value is -1.82. The molecule has 0 saturated heterocycles. The minimum Gasteiger partial charge on any atom is -0.0616 e. The molecule has 5 rings (SSSR count). The van der Waals surface area contributed by atoms with Crippen LogP contribution in [-0.2, 0) is 0 Å². The van der Waals surface area contributed by atoms with Crippen molar-refractivity contribution < 1.29 is 0 Å². The summed E-state index contributed by atoms with van der Waals surface area (Å²) in [4.78, 5) is 0. The molecule has 2 aromatic carbocycles. The Morgan fingerprint density at radius 3 is 2.50 bits per heavy atom. The molecule has 3 aliphatic carbocycles. The standard InChI is InChI=1S/C14H8/c1-2-4-12-9(3-1)5-6-13-10-7-11(8-10)14(12)13/h1-8H. The zero-order chi connectivity index (χ0) is 9.12. The number of hydrogen-bond donors (Lipinski definition) is 0. The van der Waals surface area contributed by atoms with Crippen LogP contribution in [0.4, 0.5) is 0 Å². The first kappa shape index (κ1) is 6.61. The second-order valence-corrected chi connectivity index (χ2v) is 3.91. The average molecular weight is 176 g/mol. The lowest BCUT2D eigenvalue weighted by Crippen LogP contribution is -1.81. The Bertz CT molecular complexity index is 628. The zero-order valence-corrected chi connectivity index (χ0v) is 7.62. The average Bonchev–Trinajstić information content (AvgIpc) is 2.70. The second-order valence-electron chi connectivity index (χ2n) is 3.91. The van der Waals surface area contributed by atoms with Gasteiger partial charge in [-0.25, -0.2) is 0 Å². The van der Waals surface area contributed by atoms with Gasteiger partial charge in [-0.2, -0.15) is 0 Å². The fourth-order valence-corrected chi connectivity index (χ4v) is 2.45. The Kier molecular flexibility index (Phi) is 0.935. The third-order valence-electron chi connectivity index (χ3n) is 3.15. The molecule has 2 bridgehead atoms. The van der Waals surface area contributed by atoms with Crippen LogP contribution in [0.25, 0.3) is 21.9 Å². The fourth-order valence-electron chi connectivity index (χ4n) is 2.45. The highest BCUT2D eigenvalue weighted by atomic mass is 14.3. The maximum Gasteiger partial charge on any atom is -0.00264 e. The number of benzene rings is 2. The highest BCUT2D eigenvalue weighted by Crippen LogP contribution is 2.47. The van der Waals surface area contributed by atoms with E-state index in [0.29, 0.717) is 0 Å². The monoisotopic (exact) mass is 176 g/mol. The lowest BCUT2D eigenvalue weighted by Gasteiger charge is -2.03. The Morgan fingerprint density at radius 1 is 0.714 bits per heavy atom. The van der Waals surface area contributed by atoms with Crippen LogP contribution in [0, 0.1) is 0 Å². The van der Waals surface area contributed by atoms with Gasteiger partial charge < -0.3 is 0 Å². The van der Waals surface area contributed by atoms with E-state index in [-0.39, 0.29) is 0 Å². The molecule has 0 fully saturated rings. The molecule has 0 unspecified atom stereocenters. The number of rotatable bonds is 0. The first-order valence-electron chi connectivity index (χ1n) is 4.89. The van der Waals surface area contributed by atoms with Gasteiger partial charge in [-0.15, -0.1) is 0 Å². The smallest absolute Gasteiger partial charge is 0.00264 e. The molecule has 14 heavy (non-hydrogen) atoms. The first-order valence-corrected chi connectivity index (χ1v) is 4.89. The van der Waals surface area contributed by atoms with E-state index >= 15 is 0 Å². The van der Waals surface area contributed by atoms with Gasteiger partial charge >= 0.3 is 0 Å². The van der Waals surface area contributed by atoms with Gasteiger partial charge in [0.1, 0.15) is 0 Å². The maximum absolute atomic E-state index is 2.27. The summed E-state index contributed by atoms with van der Waals surface area (Å²) in [5.41, 5.74) is 5.67. The molecule has 0 aliphatic heterocycles. The molecular weight excluding hydrogens is 168 g/mol. The Labute approximate surface area is 82.2 Å². The molecule has 0 saturated carbocycles. The predicted molar refractivity (Wildman–Crippen MR) is 59.9 cm³/mol. The van der Waals surface area contributed by atoms with E-state index in [1.54, 1.807) is 0 Å².